The molecule has 0 spiro atoms. The van der Waals surface area contributed by atoms with Crippen LogP contribution >= 0.6 is 0 Å². The lowest BCUT2D eigenvalue weighted by Gasteiger charge is -2.33. The molecule has 0 saturated carbocycles. The van der Waals surface area contributed by atoms with Gasteiger partial charge in [0.2, 0.25) is 5.82 Å². The zero-order valence-electron chi connectivity index (χ0n) is 22.3. The SMILES string of the molecule is O=C(O)CC1CCCN(CC(O)c2ccc(-c3noc(-c4cnn(-c5cccc(C(F)(F)F)c5)c4C(F)(F)F)n3)cc2)C1. The standard InChI is InChI=1S/C28H25F6N5O4/c29-27(30,31)19-4-1-5-20(12-19)39-24(28(32,33)34)21(13-35-39)26-36-25(37-43-26)18-8-6-17(7-9-18)22(40)15-38-10-2-3-16(14-38)11-23(41)42/h1,4-9,12-13,16,22,40H,2-3,10-11,14-15H2,(H,41,42). The number of rotatable bonds is 8. The van der Waals surface area contributed by atoms with Crippen molar-refractivity contribution in [3.63, 3.8) is 0 Å². The van der Waals surface area contributed by atoms with Gasteiger partial charge in [-0.2, -0.15) is 36.4 Å². The van der Waals surface area contributed by atoms with E-state index in [0.29, 0.717) is 35.0 Å². The van der Waals surface area contributed by atoms with Gasteiger partial charge in [0.1, 0.15) is 0 Å². The summed E-state index contributed by atoms with van der Waals surface area (Å²) in [6.07, 6.45) is -8.15. The molecule has 9 nitrogen and oxygen atoms in total. The average molecular weight is 610 g/mol. The summed E-state index contributed by atoms with van der Waals surface area (Å²) in [6.45, 7) is 1.61. The van der Waals surface area contributed by atoms with Gasteiger partial charge < -0.3 is 19.6 Å². The highest BCUT2D eigenvalue weighted by Gasteiger charge is 2.41. The quantitative estimate of drug-likeness (QED) is 0.239. The molecule has 43 heavy (non-hydrogen) atoms. The summed E-state index contributed by atoms with van der Waals surface area (Å²) in [5.74, 6) is -1.43. The molecule has 0 bridgehead atoms. The molecule has 1 saturated heterocycles. The van der Waals surface area contributed by atoms with E-state index >= 15 is 0 Å². The van der Waals surface area contributed by atoms with Gasteiger partial charge in [-0.1, -0.05) is 35.5 Å². The van der Waals surface area contributed by atoms with Gasteiger partial charge in [0.15, 0.2) is 5.69 Å². The summed E-state index contributed by atoms with van der Waals surface area (Å²) >= 11 is 0. The van der Waals surface area contributed by atoms with Crippen LogP contribution in [0.3, 0.4) is 0 Å². The van der Waals surface area contributed by atoms with Gasteiger partial charge in [-0.15, -0.1) is 0 Å². The molecule has 2 aromatic heterocycles. The van der Waals surface area contributed by atoms with Crippen molar-refractivity contribution in [1.82, 2.24) is 24.8 Å². The normalized spacial score (nSPS) is 17.2. The third kappa shape index (κ3) is 6.88. The second kappa shape index (κ2) is 11.8. The first-order chi connectivity index (χ1) is 20.3. The van der Waals surface area contributed by atoms with Crippen LogP contribution in [0.2, 0.25) is 0 Å². The monoisotopic (exact) mass is 609 g/mol. The van der Waals surface area contributed by atoms with Crippen LogP contribution < -0.4 is 0 Å². The highest BCUT2D eigenvalue weighted by molar-refractivity contribution is 5.67. The zero-order chi connectivity index (χ0) is 30.9. The van der Waals surface area contributed by atoms with Crippen molar-refractivity contribution in [2.75, 3.05) is 19.6 Å². The lowest BCUT2D eigenvalue weighted by molar-refractivity contribution is -0.142. The van der Waals surface area contributed by atoms with E-state index in [1.54, 1.807) is 24.3 Å². The minimum atomic E-state index is -5.03. The van der Waals surface area contributed by atoms with Crippen LogP contribution in [0.25, 0.3) is 28.5 Å². The molecule has 2 atom stereocenters. The number of β-amino-alcohol motifs (C(OH)–C–C–N with tert-alkyl or cyclic N) is 1. The number of alkyl halides is 6. The fourth-order valence-electron chi connectivity index (χ4n) is 5.17. The Labute approximate surface area is 240 Å². The van der Waals surface area contributed by atoms with Crippen LogP contribution in [0, 0.1) is 5.92 Å². The number of carbonyl (C=O) groups is 1. The summed E-state index contributed by atoms with van der Waals surface area (Å²) in [7, 11) is 0. The van der Waals surface area contributed by atoms with Gasteiger partial charge in [0.25, 0.3) is 5.89 Å². The second-order valence-corrected chi connectivity index (χ2v) is 10.3. The summed E-state index contributed by atoms with van der Waals surface area (Å²) < 4.78 is 87.3. The molecule has 2 aromatic carbocycles. The van der Waals surface area contributed by atoms with E-state index < -0.39 is 52.8 Å². The number of carboxylic acid groups (broad SMARTS) is 1. The third-order valence-corrected chi connectivity index (χ3v) is 7.16. The van der Waals surface area contributed by atoms with Crippen molar-refractivity contribution in [3.05, 3.63) is 71.5 Å². The Morgan fingerprint density at radius 1 is 1.07 bits per heavy atom. The molecule has 1 aliphatic rings. The minimum absolute atomic E-state index is 0.0169. The lowest BCUT2D eigenvalue weighted by Crippen LogP contribution is -2.38. The molecular weight excluding hydrogens is 584 g/mol. The van der Waals surface area contributed by atoms with E-state index in [4.69, 9.17) is 9.63 Å². The molecule has 2 unspecified atom stereocenters. The Bertz CT molecular complexity index is 1580. The Hall–Kier alpha value is -4.24. The number of hydrogen-bond donors (Lipinski definition) is 2. The van der Waals surface area contributed by atoms with E-state index in [1.165, 1.54) is 0 Å². The van der Waals surface area contributed by atoms with Crippen molar-refractivity contribution in [2.45, 2.75) is 37.7 Å². The Morgan fingerprint density at radius 2 is 1.81 bits per heavy atom. The van der Waals surface area contributed by atoms with Gasteiger partial charge in [-0.05, 0) is 49.1 Å². The molecule has 228 valence electrons. The number of aliphatic hydroxyl groups is 1. The molecule has 0 radical (unpaired) electrons. The smallest absolute Gasteiger partial charge is 0.434 e. The molecule has 1 fully saturated rings. The fraction of sp³-hybridized carbons (Fsp3) is 0.357. The molecule has 15 heteroatoms. The lowest BCUT2D eigenvalue weighted by atomic mass is 9.94. The number of likely N-dealkylation sites (tertiary alicyclic amines) is 1. The van der Waals surface area contributed by atoms with Crippen molar-refractivity contribution in [3.8, 4) is 28.5 Å². The first-order valence-electron chi connectivity index (χ1n) is 13.2. The molecule has 4 aromatic rings. The summed E-state index contributed by atoms with van der Waals surface area (Å²) in [4.78, 5) is 17.1. The zero-order valence-corrected chi connectivity index (χ0v) is 22.3. The van der Waals surface area contributed by atoms with E-state index in [0.717, 1.165) is 43.8 Å². The predicted molar refractivity (Wildman–Crippen MR) is 139 cm³/mol. The number of aromatic nitrogens is 4. The van der Waals surface area contributed by atoms with Crippen LogP contribution in [0.4, 0.5) is 26.3 Å². The first-order valence-corrected chi connectivity index (χ1v) is 13.2. The van der Waals surface area contributed by atoms with Crippen LogP contribution in [0.5, 0.6) is 0 Å². The molecule has 5 rings (SSSR count). The maximum Gasteiger partial charge on any atom is 0.434 e. The molecule has 0 aliphatic carbocycles. The number of halogens is 6. The molecule has 0 amide bonds. The minimum Gasteiger partial charge on any atom is -0.481 e. The van der Waals surface area contributed by atoms with Gasteiger partial charge in [0, 0.05) is 25.1 Å². The highest BCUT2D eigenvalue weighted by Crippen LogP contribution is 2.39. The molecule has 2 N–H and O–H groups in total. The van der Waals surface area contributed by atoms with Crippen LogP contribution in [0.15, 0.2) is 59.3 Å². The average Bonchev–Trinajstić information content (AvgIpc) is 3.61. The number of nitrogens with zero attached hydrogens (tertiary/aromatic N) is 5. The first kappa shape index (κ1) is 30.2. The van der Waals surface area contributed by atoms with Crippen LogP contribution in [0.1, 0.15) is 42.2 Å². The Morgan fingerprint density at radius 3 is 2.49 bits per heavy atom. The maximum absolute atomic E-state index is 14.1. The maximum atomic E-state index is 14.1. The van der Waals surface area contributed by atoms with E-state index in [9.17, 15) is 36.2 Å². The molecular formula is C28H25F6N5O4. The van der Waals surface area contributed by atoms with E-state index in [1.807, 2.05) is 4.90 Å². The number of hydrogen-bond acceptors (Lipinski definition) is 7. The van der Waals surface area contributed by atoms with Crippen molar-refractivity contribution in [1.29, 1.82) is 0 Å². The van der Waals surface area contributed by atoms with Crippen molar-refractivity contribution < 1.29 is 45.9 Å². The van der Waals surface area contributed by atoms with Crippen molar-refractivity contribution in [2.24, 2.45) is 5.92 Å². The number of carboxylic acids is 1. The molecule has 3 heterocycles. The van der Waals surface area contributed by atoms with Gasteiger partial charge in [-0.3, -0.25) is 4.79 Å². The van der Waals surface area contributed by atoms with Crippen molar-refractivity contribution >= 4 is 5.97 Å². The van der Waals surface area contributed by atoms with Gasteiger partial charge in [0.05, 0.1) is 29.1 Å². The number of aliphatic hydroxyl groups excluding tert-OH is 1. The van der Waals surface area contributed by atoms with Crippen LogP contribution in [-0.2, 0) is 17.1 Å². The van der Waals surface area contributed by atoms with Crippen LogP contribution in [-0.4, -0.2) is 60.6 Å². The fourth-order valence-corrected chi connectivity index (χ4v) is 5.17. The van der Waals surface area contributed by atoms with Gasteiger partial charge >= 0.3 is 18.3 Å². The Balaban J connectivity index is 1.34. The third-order valence-electron chi connectivity index (χ3n) is 7.16. The topological polar surface area (TPSA) is 118 Å². The Kier molecular flexibility index (Phi) is 8.29. The number of piperidine rings is 1. The number of benzene rings is 2. The summed E-state index contributed by atoms with van der Waals surface area (Å²) in [5, 5.41) is 27.2. The molecule has 1 aliphatic heterocycles. The van der Waals surface area contributed by atoms with E-state index in [-0.39, 0.29) is 18.2 Å². The predicted octanol–water partition coefficient (Wildman–Crippen LogP) is 5.85. The summed E-state index contributed by atoms with van der Waals surface area (Å²) in [6, 6.07) is 9.69. The number of aliphatic carboxylic acids is 1. The van der Waals surface area contributed by atoms with E-state index in [2.05, 4.69) is 15.2 Å². The van der Waals surface area contributed by atoms with Gasteiger partial charge in [-0.25, -0.2) is 4.68 Å². The summed E-state index contributed by atoms with van der Waals surface area (Å²) in [5.41, 5.74) is -2.65. The second-order valence-electron chi connectivity index (χ2n) is 10.3. The largest absolute Gasteiger partial charge is 0.481 e. The highest BCUT2D eigenvalue weighted by atomic mass is 19.4.